The third kappa shape index (κ3) is 8.50. The average Bonchev–Trinajstić information content (AvgIpc) is 2.11. The van der Waals surface area contributed by atoms with Crippen molar-refractivity contribution in [1.29, 1.82) is 0 Å². The van der Waals surface area contributed by atoms with Crippen LogP contribution in [0.3, 0.4) is 0 Å². The fourth-order valence-electron chi connectivity index (χ4n) is 0.825. The van der Waals surface area contributed by atoms with Crippen molar-refractivity contribution < 1.29 is 14.3 Å². The maximum absolute atomic E-state index is 10.6. The molecule has 0 bridgehead atoms. The second-order valence-corrected chi connectivity index (χ2v) is 2.55. The summed E-state index contributed by atoms with van der Waals surface area (Å²) >= 11 is 0. The molecule has 0 amide bonds. The number of allylic oxidation sites excluding steroid dienone is 1. The molecular formula is C9H14N2O2. The van der Waals surface area contributed by atoms with E-state index in [4.69, 9.17) is 5.53 Å². The van der Waals surface area contributed by atoms with Crippen molar-refractivity contribution in [2.45, 2.75) is 25.7 Å². The molecule has 0 aliphatic heterocycles. The number of ether oxygens (including phenoxy) is 1. The molecule has 0 aromatic heterocycles. The van der Waals surface area contributed by atoms with Gasteiger partial charge in [-0.05, 0) is 25.7 Å². The zero-order chi connectivity index (χ0) is 9.94. The Kier molecular flexibility index (Phi) is 7.74. The summed E-state index contributed by atoms with van der Waals surface area (Å²) in [6, 6.07) is 0. The Balaban J connectivity index is 3.20. The van der Waals surface area contributed by atoms with Gasteiger partial charge in [0, 0.05) is 0 Å². The summed E-state index contributed by atoms with van der Waals surface area (Å²) in [5.41, 5.74) is 7.97. The van der Waals surface area contributed by atoms with Crippen LogP contribution in [0.15, 0.2) is 12.7 Å². The van der Waals surface area contributed by atoms with Crippen LogP contribution in [0.1, 0.15) is 25.7 Å². The number of unbranched alkanes of at least 4 members (excludes halogenated alkanes) is 3. The molecule has 0 saturated heterocycles. The smallest absolute Gasteiger partial charge is 0.413 e. The van der Waals surface area contributed by atoms with Crippen LogP contribution in [0.5, 0.6) is 0 Å². The normalized spacial score (nSPS) is 8.62. The third-order valence-corrected chi connectivity index (χ3v) is 1.46. The Morgan fingerprint density at radius 2 is 2.23 bits per heavy atom. The summed E-state index contributed by atoms with van der Waals surface area (Å²) in [4.78, 5) is 13.1. The number of carbonyl (C=O) groups excluding carboxylic acids is 1. The Bertz CT molecular complexity index is 208. The van der Waals surface area contributed by atoms with E-state index < -0.39 is 5.97 Å². The van der Waals surface area contributed by atoms with Gasteiger partial charge in [-0.15, -0.1) is 6.58 Å². The summed E-state index contributed by atoms with van der Waals surface area (Å²) in [6.07, 6.45) is 6.50. The van der Waals surface area contributed by atoms with Crippen molar-refractivity contribution in [2.24, 2.45) is 0 Å². The predicted octanol–water partition coefficient (Wildman–Crippen LogP) is 1.58. The predicted molar refractivity (Wildman–Crippen MR) is 49.3 cm³/mol. The first kappa shape index (κ1) is 11.6. The molecule has 0 heterocycles. The molecule has 0 aromatic rings. The zero-order valence-electron chi connectivity index (χ0n) is 7.61. The highest BCUT2D eigenvalue weighted by molar-refractivity contribution is 6.20. The SMILES string of the molecule is C=CCCCCCOC(=O)C=[N+]=[N-]. The van der Waals surface area contributed by atoms with Crippen LogP contribution >= 0.6 is 0 Å². The first-order valence-electron chi connectivity index (χ1n) is 4.26. The monoisotopic (exact) mass is 182 g/mol. The summed E-state index contributed by atoms with van der Waals surface area (Å²) in [5.74, 6) is -0.605. The van der Waals surface area contributed by atoms with Gasteiger partial charge in [-0.1, -0.05) is 6.08 Å². The van der Waals surface area contributed by atoms with Crippen LogP contribution in [0.25, 0.3) is 5.53 Å². The summed E-state index contributed by atoms with van der Waals surface area (Å²) in [6.45, 7) is 3.98. The Hall–Kier alpha value is -1.41. The molecular weight excluding hydrogens is 168 g/mol. The number of nitrogens with zero attached hydrogens (tertiary/aromatic N) is 2. The summed E-state index contributed by atoms with van der Waals surface area (Å²) in [5, 5.41) is 0. The fourth-order valence-corrected chi connectivity index (χ4v) is 0.825. The summed E-state index contributed by atoms with van der Waals surface area (Å²) in [7, 11) is 0. The number of rotatable bonds is 7. The van der Waals surface area contributed by atoms with Gasteiger partial charge in [0.1, 0.15) is 0 Å². The maximum Gasteiger partial charge on any atom is 0.413 e. The first-order chi connectivity index (χ1) is 6.31. The van der Waals surface area contributed by atoms with Crippen LogP contribution in [-0.4, -0.2) is 23.6 Å². The lowest BCUT2D eigenvalue weighted by molar-refractivity contribution is -0.139. The average molecular weight is 182 g/mol. The van der Waals surface area contributed by atoms with E-state index in [2.05, 4.69) is 16.1 Å². The molecule has 0 saturated carbocycles. The van der Waals surface area contributed by atoms with Crippen LogP contribution in [0.4, 0.5) is 0 Å². The standard InChI is InChI=1S/C9H14N2O2/c1-2-3-4-5-6-7-13-9(12)8-11-10/h2,8H,1,3-7H2. The second kappa shape index (κ2) is 8.68. The fraction of sp³-hybridized carbons (Fsp3) is 0.556. The van der Waals surface area contributed by atoms with E-state index in [1.165, 1.54) is 0 Å². The van der Waals surface area contributed by atoms with Crippen LogP contribution < -0.4 is 0 Å². The number of esters is 1. The van der Waals surface area contributed by atoms with E-state index in [-0.39, 0.29) is 0 Å². The Morgan fingerprint density at radius 1 is 1.46 bits per heavy atom. The molecule has 4 heteroatoms. The van der Waals surface area contributed by atoms with Gasteiger partial charge in [0.2, 0.25) is 0 Å². The molecule has 0 aromatic carbocycles. The zero-order valence-corrected chi connectivity index (χ0v) is 7.61. The van der Waals surface area contributed by atoms with Crippen molar-refractivity contribution in [3.63, 3.8) is 0 Å². The topological polar surface area (TPSA) is 62.7 Å². The molecule has 0 unspecified atom stereocenters. The Labute approximate surface area is 77.8 Å². The molecule has 72 valence electrons. The molecule has 0 fully saturated rings. The number of hydrogen-bond donors (Lipinski definition) is 0. The van der Waals surface area contributed by atoms with Crippen molar-refractivity contribution >= 4 is 12.2 Å². The highest BCUT2D eigenvalue weighted by atomic mass is 16.5. The van der Waals surface area contributed by atoms with Crippen molar-refractivity contribution in [3.05, 3.63) is 18.2 Å². The molecule has 0 atom stereocenters. The van der Waals surface area contributed by atoms with Crippen molar-refractivity contribution in [1.82, 2.24) is 0 Å². The van der Waals surface area contributed by atoms with E-state index in [1.54, 1.807) is 0 Å². The lowest BCUT2D eigenvalue weighted by Gasteiger charge is -1.98. The molecule has 0 aliphatic carbocycles. The van der Waals surface area contributed by atoms with Gasteiger partial charge < -0.3 is 10.3 Å². The lowest BCUT2D eigenvalue weighted by Crippen LogP contribution is -2.07. The largest absolute Gasteiger partial charge is 0.457 e. The molecule has 0 rings (SSSR count). The van der Waals surface area contributed by atoms with Crippen molar-refractivity contribution in [2.75, 3.05) is 6.61 Å². The third-order valence-electron chi connectivity index (χ3n) is 1.46. The minimum Gasteiger partial charge on any atom is -0.457 e. The number of carbonyl (C=O) groups is 1. The molecule has 0 aliphatic rings. The molecule has 0 N–H and O–H groups in total. The highest BCUT2D eigenvalue weighted by Gasteiger charge is 2.01. The van der Waals surface area contributed by atoms with Crippen LogP contribution in [0.2, 0.25) is 0 Å². The van der Waals surface area contributed by atoms with Gasteiger partial charge in [0.25, 0.3) is 0 Å². The van der Waals surface area contributed by atoms with E-state index in [0.29, 0.717) is 6.61 Å². The second-order valence-electron chi connectivity index (χ2n) is 2.55. The lowest BCUT2D eigenvalue weighted by atomic mass is 10.2. The summed E-state index contributed by atoms with van der Waals surface area (Å²) < 4.78 is 4.69. The molecule has 0 radical (unpaired) electrons. The van der Waals surface area contributed by atoms with Gasteiger partial charge in [0.05, 0.1) is 6.61 Å². The molecule has 4 nitrogen and oxygen atoms in total. The molecule has 13 heavy (non-hydrogen) atoms. The first-order valence-corrected chi connectivity index (χ1v) is 4.26. The number of hydrogen-bond acceptors (Lipinski definition) is 2. The van der Waals surface area contributed by atoms with Gasteiger partial charge in [-0.3, -0.25) is 0 Å². The quantitative estimate of drug-likeness (QED) is 0.150. The Morgan fingerprint density at radius 3 is 2.85 bits per heavy atom. The van der Waals surface area contributed by atoms with Gasteiger partial charge in [-0.2, -0.15) is 4.79 Å². The van der Waals surface area contributed by atoms with Gasteiger partial charge in [-0.25, -0.2) is 4.79 Å². The van der Waals surface area contributed by atoms with E-state index in [0.717, 1.165) is 31.9 Å². The minimum atomic E-state index is -0.605. The van der Waals surface area contributed by atoms with Crippen LogP contribution in [0, 0.1) is 0 Å². The van der Waals surface area contributed by atoms with Crippen molar-refractivity contribution in [3.8, 4) is 0 Å². The van der Waals surface area contributed by atoms with Crippen LogP contribution in [-0.2, 0) is 9.53 Å². The molecule has 0 spiro atoms. The van der Waals surface area contributed by atoms with E-state index in [9.17, 15) is 4.79 Å². The van der Waals surface area contributed by atoms with E-state index in [1.807, 2.05) is 6.08 Å². The van der Waals surface area contributed by atoms with Gasteiger partial charge >= 0.3 is 12.2 Å². The van der Waals surface area contributed by atoms with E-state index >= 15 is 0 Å². The highest BCUT2D eigenvalue weighted by Crippen LogP contribution is 1.99. The van der Waals surface area contributed by atoms with Gasteiger partial charge in [0.15, 0.2) is 0 Å². The maximum atomic E-state index is 10.6. The minimum absolute atomic E-state index is 0.377.